The van der Waals surface area contributed by atoms with E-state index in [2.05, 4.69) is 5.32 Å². The summed E-state index contributed by atoms with van der Waals surface area (Å²) in [5, 5.41) is 3.16. The van der Waals surface area contributed by atoms with Crippen LogP contribution in [0.2, 0.25) is 0 Å². The summed E-state index contributed by atoms with van der Waals surface area (Å²) in [4.78, 5) is 2.01. The first kappa shape index (κ1) is 13.1. The minimum atomic E-state index is -3.10. The van der Waals surface area contributed by atoms with Crippen molar-refractivity contribution in [1.82, 2.24) is 5.32 Å². The van der Waals surface area contributed by atoms with Crippen LogP contribution in [-0.2, 0) is 18.9 Å². The van der Waals surface area contributed by atoms with Crippen molar-refractivity contribution in [3.63, 3.8) is 0 Å². The molecule has 2 rings (SSSR count). The summed E-state index contributed by atoms with van der Waals surface area (Å²) in [7, 11) is 0. The molecular formula is C12H14F3IN-. The molecule has 1 nitrogen and oxygen atoms in total. The van der Waals surface area contributed by atoms with Gasteiger partial charge in [-0.25, -0.2) is 0 Å². The second-order valence-corrected chi connectivity index (χ2v) is 6.42. The predicted octanol–water partition coefficient (Wildman–Crippen LogP) is -0.528. The Morgan fingerprint density at radius 2 is 2.06 bits per heavy atom. The molecule has 0 spiro atoms. The van der Waals surface area contributed by atoms with Crippen molar-refractivity contribution in [2.24, 2.45) is 0 Å². The fourth-order valence-electron chi connectivity index (χ4n) is 2.08. The summed E-state index contributed by atoms with van der Waals surface area (Å²) in [5.41, 5.74) is 0.978. The molecule has 96 valence electrons. The van der Waals surface area contributed by atoms with Crippen molar-refractivity contribution in [2.45, 2.75) is 25.8 Å². The summed E-state index contributed by atoms with van der Waals surface area (Å²) < 4.78 is 41.7. The van der Waals surface area contributed by atoms with Crippen molar-refractivity contribution in [2.75, 3.05) is 11.5 Å². The Bertz CT molecular complexity index is 440. The summed E-state index contributed by atoms with van der Waals surface area (Å²) in [5.74, 6) is -3.80. The average molecular weight is 356 g/mol. The van der Waals surface area contributed by atoms with Gasteiger partial charge in [0, 0.05) is 0 Å². The van der Waals surface area contributed by atoms with Gasteiger partial charge in [-0.2, -0.15) is 0 Å². The molecular weight excluding hydrogens is 342 g/mol. The van der Waals surface area contributed by atoms with Crippen molar-refractivity contribution in [3.8, 4) is 0 Å². The van der Waals surface area contributed by atoms with E-state index < -0.39 is 17.3 Å². The molecule has 0 fully saturated rings. The van der Waals surface area contributed by atoms with E-state index in [1.807, 2.05) is 4.93 Å². The molecule has 0 saturated heterocycles. The number of benzene rings is 1. The van der Waals surface area contributed by atoms with Crippen LogP contribution in [0, 0.1) is 9.39 Å². The van der Waals surface area contributed by atoms with E-state index in [0.717, 1.165) is 16.1 Å². The SMILES string of the molecule is C[I-]c1cc(C(C)(F)F)c(F)c2c1CNCC2. The monoisotopic (exact) mass is 356 g/mol. The predicted molar refractivity (Wildman–Crippen MR) is 56.0 cm³/mol. The van der Waals surface area contributed by atoms with Gasteiger partial charge in [0.05, 0.1) is 0 Å². The second kappa shape index (κ2) is 4.76. The van der Waals surface area contributed by atoms with Crippen LogP contribution in [-0.4, -0.2) is 11.5 Å². The topological polar surface area (TPSA) is 12.0 Å². The Labute approximate surface area is 109 Å². The molecule has 0 unspecified atom stereocenters. The first-order valence-electron chi connectivity index (χ1n) is 5.38. The molecule has 17 heavy (non-hydrogen) atoms. The number of alkyl halides is 3. The van der Waals surface area contributed by atoms with Gasteiger partial charge < -0.3 is 0 Å². The van der Waals surface area contributed by atoms with E-state index in [1.165, 1.54) is 6.07 Å². The molecule has 1 aromatic carbocycles. The fraction of sp³-hybridized carbons (Fsp3) is 0.500. The van der Waals surface area contributed by atoms with Gasteiger partial charge in [-0.15, -0.1) is 0 Å². The molecule has 5 heteroatoms. The van der Waals surface area contributed by atoms with E-state index in [-0.39, 0.29) is 21.2 Å². The zero-order valence-electron chi connectivity index (χ0n) is 9.71. The Morgan fingerprint density at radius 3 is 2.65 bits per heavy atom. The zero-order valence-corrected chi connectivity index (χ0v) is 11.9. The summed E-state index contributed by atoms with van der Waals surface area (Å²) in [6.07, 6.45) is 0.502. The molecule has 0 saturated carbocycles. The van der Waals surface area contributed by atoms with Crippen LogP contribution in [0.4, 0.5) is 13.2 Å². The van der Waals surface area contributed by atoms with Crippen LogP contribution in [0.3, 0.4) is 0 Å². The molecule has 1 heterocycles. The van der Waals surface area contributed by atoms with Gasteiger partial charge in [-0.1, -0.05) is 0 Å². The molecule has 1 aliphatic heterocycles. The van der Waals surface area contributed by atoms with E-state index in [9.17, 15) is 13.2 Å². The molecule has 1 aliphatic rings. The molecule has 1 N–H and O–H groups in total. The van der Waals surface area contributed by atoms with Gasteiger partial charge in [-0.3, -0.25) is 0 Å². The first-order chi connectivity index (χ1) is 7.95. The van der Waals surface area contributed by atoms with Crippen LogP contribution in [0.1, 0.15) is 23.6 Å². The van der Waals surface area contributed by atoms with Gasteiger partial charge in [0.25, 0.3) is 0 Å². The maximum absolute atomic E-state index is 14.1. The number of nitrogens with one attached hydrogen (secondary N) is 1. The van der Waals surface area contributed by atoms with Gasteiger partial charge in [0.1, 0.15) is 0 Å². The number of fused-ring (bicyclic) bond motifs is 1. The Morgan fingerprint density at radius 1 is 1.35 bits per heavy atom. The number of halogens is 4. The Hall–Kier alpha value is -0.300. The number of hydrogen-bond acceptors (Lipinski definition) is 1. The van der Waals surface area contributed by atoms with Crippen molar-refractivity contribution in [1.29, 1.82) is 0 Å². The van der Waals surface area contributed by atoms with Gasteiger partial charge in [-0.05, 0) is 0 Å². The van der Waals surface area contributed by atoms with Gasteiger partial charge in [0.2, 0.25) is 0 Å². The first-order valence-corrected chi connectivity index (χ1v) is 8.61. The van der Waals surface area contributed by atoms with E-state index in [4.69, 9.17) is 0 Å². The van der Waals surface area contributed by atoms with Gasteiger partial charge in [0.15, 0.2) is 0 Å². The molecule has 0 atom stereocenters. The Kier molecular flexibility index (Phi) is 3.68. The summed E-state index contributed by atoms with van der Waals surface area (Å²) in [6.45, 7) is 2.02. The third-order valence-corrected chi connectivity index (χ3v) is 5.08. The molecule has 0 radical (unpaired) electrons. The maximum atomic E-state index is 14.1. The van der Waals surface area contributed by atoms with E-state index in [1.54, 1.807) is 0 Å². The van der Waals surface area contributed by atoms with Crippen LogP contribution in [0.15, 0.2) is 6.07 Å². The zero-order chi connectivity index (χ0) is 12.6. The molecule has 0 aliphatic carbocycles. The fourth-order valence-corrected chi connectivity index (χ4v) is 3.87. The summed E-state index contributed by atoms with van der Waals surface area (Å²) >= 11 is -0.326. The number of hydrogen-bond donors (Lipinski definition) is 1. The van der Waals surface area contributed by atoms with Crippen LogP contribution < -0.4 is 26.5 Å². The molecule has 0 amide bonds. The van der Waals surface area contributed by atoms with Crippen LogP contribution in [0.25, 0.3) is 0 Å². The Balaban J connectivity index is 2.64. The van der Waals surface area contributed by atoms with Crippen molar-refractivity contribution < 1.29 is 34.4 Å². The van der Waals surface area contributed by atoms with Crippen molar-refractivity contribution >= 4 is 0 Å². The van der Waals surface area contributed by atoms with E-state index in [0.29, 0.717) is 25.1 Å². The van der Waals surface area contributed by atoms with Gasteiger partial charge >= 0.3 is 109 Å². The normalized spacial score (nSPS) is 16.1. The van der Waals surface area contributed by atoms with Crippen LogP contribution >= 0.6 is 0 Å². The molecule has 0 aromatic heterocycles. The second-order valence-electron chi connectivity index (χ2n) is 4.18. The third-order valence-electron chi connectivity index (χ3n) is 2.96. The third kappa shape index (κ3) is 2.45. The van der Waals surface area contributed by atoms with E-state index >= 15 is 0 Å². The quantitative estimate of drug-likeness (QED) is 0.555. The average Bonchev–Trinajstić information content (AvgIpc) is 2.28. The molecule has 1 aromatic rings. The summed E-state index contributed by atoms with van der Waals surface area (Å²) in [6, 6.07) is 1.37. The number of rotatable bonds is 2. The van der Waals surface area contributed by atoms with Crippen molar-refractivity contribution in [3.05, 3.63) is 32.1 Å². The minimum absolute atomic E-state index is 0.326. The molecule has 0 bridgehead atoms. The van der Waals surface area contributed by atoms with Crippen LogP contribution in [0.5, 0.6) is 0 Å². The standard InChI is InChI=1S/C12H14F3IN/c1-12(14,15)9-5-10(16-2)8-6-17-4-3-7(8)11(9)13/h5,17H,3-4,6H2,1-2H3/q-1.